The fourth-order valence-electron chi connectivity index (χ4n) is 3.03. The molecule has 5 nitrogen and oxygen atoms in total. The number of benzene rings is 2. The highest BCUT2D eigenvalue weighted by molar-refractivity contribution is 7.92. The molecule has 1 heterocycles. The van der Waals surface area contributed by atoms with Crippen LogP contribution in [0.2, 0.25) is 0 Å². The van der Waals surface area contributed by atoms with E-state index in [-0.39, 0.29) is 16.5 Å². The molecule has 2 aromatic carbocycles. The van der Waals surface area contributed by atoms with Crippen LogP contribution in [-0.4, -0.2) is 32.3 Å². The zero-order chi connectivity index (χ0) is 18.7. The topological polar surface area (TPSA) is 66.5 Å². The number of anilines is 1. The van der Waals surface area contributed by atoms with Gasteiger partial charge in [0.2, 0.25) is 0 Å². The van der Waals surface area contributed by atoms with Gasteiger partial charge >= 0.3 is 0 Å². The second-order valence-corrected chi connectivity index (χ2v) is 8.13. The SMILES string of the molecule is Cc1ccc(S(=O)(=O)Nc2cccc(F)c2)cc1C(=O)N1CCCCC1. The maximum atomic E-state index is 13.3. The van der Waals surface area contributed by atoms with E-state index in [0.717, 1.165) is 30.9 Å². The number of amides is 1. The molecule has 1 aliphatic heterocycles. The quantitative estimate of drug-likeness (QED) is 0.887. The molecule has 3 rings (SSSR count). The van der Waals surface area contributed by atoms with Crippen LogP contribution in [0.3, 0.4) is 0 Å². The van der Waals surface area contributed by atoms with Crippen molar-refractivity contribution in [1.82, 2.24) is 4.90 Å². The predicted octanol–water partition coefficient (Wildman–Crippen LogP) is 3.56. The van der Waals surface area contributed by atoms with Crippen LogP contribution in [0.4, 0.5) is 10.1 Å². The largest absolute Gasteiger partial charge is 0.339 e. The van der Waals surface area contributed by atoms with E-state index >= 15 is 0 Å². The number of nitrogens with zero attached hydrogens (tertiary/aromatic N) is 1. The van der Waals surface area contributed by atoms with Crippen LogP contribution in [0.1, 0.15) is 35.2 Å². The second kappa shape index (κ2) is 7.45. The monoisotopic (exact) mass is 376 g/mol. The summed E-state index contributed by atoms with van der Waals surface area (Å²) in [5.41, 5.74) is 1.24. The Balaban J connectivity index is 1.89. The number of carbonyl (C=O) groups excluding carboxylic acids is 1. The van der Waals surface area contributed by atoms with Crippen molar-refractivity contribution in [1.29, 1.82) is 0 Å². The Morgan fingerprint density at radius 3 is 2.50 bits per heavy atom. The summed E-state index contributed by atoms with van der Waals surface area (Å²) in [5, 5.41) is 0. The molecule has 1 N–H and O–H groups in total. The fourth-order valence-corrected chi connectivity index (χ4v) is 4.11. The van der Waals surface area contributed by atoms with Gasteiger partial charge in [-0.15, -0.1) is 0 Å². The molecule has 0 radical (unpaired) electrons. The van der Waals surface area contributed by atoms with Gasteiger partial charge in [0.25, 0.3) is 15.9 Å². The zero-order valence-electron chi connectivity index (χ0n) is 14.5. The van der Waals surface area contributed by atoms with Gasteiger partial charge in [-0.1, -0.05) is 12.1 Å². The Kier molecular flexibility index (Phi) is 5.27. The zero-order valence-corrected chi connectivity index (χ0v) is 15.4. The van der Waals surface area contributed by atoms with Crippen molar-refractivity contribution in [2.24, 2.45) is 0 Å². The third-order valence-corrected chi connectivity index (χ3v) is 5.85. The third-order valence-electron chi connectivity index (χ3n) is 4.47. The second-order valence-electron chi connectivity index (χ2n) is 6.45. The Morgan fingerprint density at radius 1 is 1.08 bits per heavy atom. The highest BCUT2D eigenvalue weighted by Gasteiger charge is 2.23. The number of rotatable bonds is 4. The number of sulfonamides is 1. The van der Waals surface area contributed by atoms with Crippen molar-refractivity contribution in [3.05, 3.63) is 59.4 Å². The molecule has 1 saturated heterocycles. The Labute approximate surface area is 152 Å². The molecular formula is C19H21FN2O3S. The molecular weight excluding hydrogens is 355 g/mol. The summed E-state index contributed by atoms with van der Waals surface area (Å²) in [7, 11) is -3.92. The molecule has 0 aliphatic carbocycles. The van der Waals surface area contributed by atoms with Gasteiger partial charge in [0, 0.05) is 18.7 Å². The number of carbonyl (C=O) groups is 1. The van der Waals surface area contributed by atoms with E-state index in [1.807, 2.05) is 0 Å². The minimum atomic E-state index is -3.92. The van der Waals surface area contributed by atoms with Crippen LogP contribution >= 0.6 is 0 Å². The van der Waals surface area contributed by atoms with E-state index in [2.05, 4.69) is 4.72 Å². The van der Waals surface area contributed by atoms with Gasteiger partial charge in [-0.3, -0.25) is 9.52 Å². The lowest BCUT2D eigenvalue weighted by atomic mass is 10.1. The van der Waals surface area contributed by atoms with E-state index in [0.29, 0.717) is 18.7 Å². The fraction of sp³-hybridized carbons (Fsp3) is 0.316. The number of halogens is 1. The highest BCUT2D eigenvalue weighted by atomic mass is 32.2. The predicted molar refractivity (Wildman–Crippen MR) is 98.1 cm³/mol. The van der Waals surface area contributed by atoms with Crippen LogP contribution in [-0.2, 0) is 10.0 Å². The minimum Gasteiger partial charge on any atom is -0.339 e. The summed E-state index contributed by atoms with van der Waals surface area (Å²) < 4.78 is 40.9. The van der Waals surface area contributed by atoms with Gasteiger partial charge in [-0.05, 0) is 62.1 Å². The first-order valence-corrected chi connectivity index (χ1v) is 10.0. The lowest BCUT2D eigenvalue weighted by Crippen LogP contribution is -2.36. The first kappa shape index (κ1) is 18.4. The van der Waals surface area contributed by atoms with Crippen LogP contribution in [0.15, 0.2) is 47.4 Å². The molecule has 0 saturated carbocycles. The molecule has 0 atom stereocenters. The minimum absolute atomic E-state index is 0.0206. The van der Waals surface area contributed by atoms with Crippen molar-refractivity contribution in [2.75, 3.05) is 17.8 Å². The number of nitrogens with one attached hydrogen (secondary N) is 1. The summed E-state index contributed by atoms with van der Waals surface area (Å²) in [6.45, 7) is 3.17. The number of hydrogen-bond donors (Lipinski definition) is 1. The lowest BCUT2D eigenvalue weighted by Gasteiger charge is -2.27. The van der Waals surface area contributed by atoms with Gasteiger partial charge in [-0.2, -0.15) is 0 Å². The van der Waals surface area contributed by atoms with Crippen LogP contribution in [0.25, 0.3) is 0 Å². The highest BCUT2D eigenvalue weighted by Crippen LogP contribution is 2.22. The van der Waals surface area contributed by atoms with Crippen molar-refractivity contribution in [2.45, 2.75) is 31.1 Å². The van der Waals surface area contributed by atoms with Crippen LogP contribution < -0.4 is 4.72 Å². The maximum absolute atomic E-state index is 13.3. The first-order chi connectivity index (χ1) is 12.4. The Morgan fingerprint density at radius 2 is 1.81 bits per heavy atom. The molecule has 2 aromatic rings. The van der Waals surface area contributed by atoms with Gasteiger partial charge in [0.1, 0.15) is 5.82 Å². The molecule has 1 fully saturated rings. The normalized spacial score (nSPS) is 14.9. The first-order valence-electron chi connectivity index (χ1n) is 8.55. The molecule has 1 aliphatic rings. The average molecular weight is 376 g/mol. The smallest absolute Gasteiger partial charge is 0.261 e. The lowest BCUT2D eigenvalue weighted by molar-refractivity contribution is 0.0723. The standard InChI is InChI=1S/C19H21FN2O3S/c1-14-8-9-17(13-18(14)19(23)22-10-3-2-4-11-22)26(24,25)21-16-7-5-6-15(20)12-16/h5-9,12-13,21H,2-4,10-11H2,1H3. The summed E-state index contributed by atoms with van der Waals surface area (Å²) in [5.74, 6) is -0.680. The van der Waals surface area contributed by atoms with E-state index in [1.165, 1.54) is 30.3 Å². The molecule has 0 spiro atoms. The summed E-state index contributed by atoms with van der Waals surface area (Å²) in [4.78, 5) is 14.5. The average Bonchev–Trinajstić information content (AvgIpc) is 2.62. The number of likely N-dealkylation sites (tertiary alicyclic amines) is 1. The van der Waals surface area contributed by atoms with Crippen molar-refractivity contribution >= 4 is 21.6 Å². The van der Waals surface area contributed by atoms with Crippen molar-refractivity contribution in [3.63, 3.8) is 0 Å². The molecule has 1 amide bonds. The van der Waals surface area contributed by atoms with Gasteiger partial charge in [0.05, 0.1) is 10.6 Å². The number of hydrogen-bond acceptors (Lipinski definition) is 3. The van der Waals surface area contributed by atoms with Crippen molar-refractivity contribution < 1.29 is 17.6 Å². The van der Waals surface area contributed by atoms with Gasteiger partial charge in [0.15, 0.2) is 0 Å². The van der Waals surface area contributed by atoms with E-state index in [9.17, 15) is 17.6 Å². The number of piperidine rings is 1. The molecule has 0 unspecified atom stereocenters. The molecule has 26 heavy (non-hydrogen) atoms. The molecule has 138 valence electrons. The van der Waals surface area contributed by atoms with Gasteiger partial charge in [-0.25, -0.2) is 12.8 Å². The maximum Gasteiger partial charge on any atom is 0.261 e. The van der Waals surface area contributed by atoms with E-state index in [1.54, 1.807) is 17.9 Å². The van der Waals surface area contributed by atoms with E-state index < -0.39 is 15.8 Å². The Bertz CT molecular complexity index is 922. The van der Waals surface area contributed by atoms with Crippen LogP contribution in [0, 0.1) is 12.7 Å². The van der Waals surface area contributed by atoms with Crippen molar-refractivity contribution in [3.8, 4) is 0 Å². The summed E-state index contributed by atoms with van der Waals surface area (Å²) >= 11 is 0. The van der Waals surface area contributed by atoms with Crippen LogP contribution in [0.5, 0.6) is 0 Å². The van der Waals surface area contributed by atoms with Gasteiger partial charge < -0.3 is 4.90 Å². The number of aryl methyl sites for hydroxylation is 1. The molecule has 0 aromatic heterocycles. The van der Waals surface area contributed by atoms with E-state index in [4.69, 9.17) is 0 Å². The summed E-state index contributed by atoms with van der Waals surface area (Å²) in [6.07, 6.45) is 3.03. The molecule has 7 heteroatoms. The third kappa shape index (κ3) is 4.04. The molecule has 0 bridgehead atoms. The Hall–Kier alpha value is -2.41. The summed E-state index contributed by atoms with van der Waals surface area (Å²) in [6, 6.07) is 9.70.